The third-order valence-electron chi connectivity index (χ3n) is 6.33. The summed E-state index contributed by atoms with van der Waals surface area (Å²) in [5.41, 5.74) is 1.99. The molecule has 2 aliphatic rings. The lowest BCUT2D eigenvalue weighted by molar-refractivity contribution is 0.0931. The Bertz CT molecular complexity index is 1520. The quantitative estimate of drug-likeness (QED) is 0.299. The Morgan fingerprint density at radius 2 is 1.44 bits per heavy atom. The van der Waals surface area contributed by atoms with Crippen LogP contribution in [0.4, 0.5) is 11.4 Å². The number of halogens is 2. The Balaban J connectivity index is 1.74. The number of hydrogen-bond donors (Lipinski definition) is 0. The van der Waals surface area contributed by atoms with Crippen LogP contribution >= 0.6 is 23.2 Å². The second-order valence-electron chi connectivity index (χ2n) is 8.19. The number of amidine groups is 1. The topological polar surface area (TPSA) is 49.7 Å². The molecule has 0 N–H and O–H groups in total. The lowest BCUT2D eigenvalue weighted by Gasteiger charge is -2.43. The number of carbonyl (C=O) groups is 2. The van der Waals surface area contributed by atoms with E-state index >= 15 is 0 Å². The van der Waals surface area contributed by atoms with Crippen LogP contribution < -0.4 is 4.90 Å². The molecular weight excluding hydrogens is 467 g/mol. The van der Waals surface area contributed by atoms with Gasteiger partial charge in [0.1, 0.15) is 0 Å². The minimum atomic E-state index is -1.35. The molecule has 2 aliphatic heterocycles. The van der Waals surface area contributed by atoms with Crippen LogP contribution in [0.3, 0.4) is 0 Å². The number of fused-ring (bicyclic) bond motifs is 5. The minimum absolute atomic E-state index is 0.166. The van der Waals surface area contributed by atoms with Crippen LogP contribution in [-0.4, -0.2) is 17.4 Å². The monoisotopic (exact) mass is 482 g/mol. The normalized spacial score (nSPS) is 18.1. The van der Waals surface area contributed by atoms with Gasteiger partial charge in [0.05, 0.1) is 11.4 Å². The summed E-state index contributed by atoms with van der Waals surface area (Å²) in [5, 5.41) is 0.915. The maximum atomic E-state index is 14.4. The van der Waals surface area contributed by atoms with E-state index in [1.165, 1.54) is 0 Å². The van der Waals surface area contributed by atoms with E-state index in [2.05, 4.69) is 0 Å². The van der Waals surface area contributed by atoms with Gasteiger partial charge in [-0.05, 0) is 42.0 Å². The Morgan fingerprint density at radius 3 is 2.18 bits per heavy atom. The number of ketones is 2. The first-order valence-electron chi connectivity index (χ1n) is 10.7. The first kappa shape index (κ1) is 20.8. The van der Waals surface area contributed by atoms with Crippen molar-refractivity contribution in [3.63, 3.8) is 0 Å². The molecule has 2 heterocycles. The molecule has 0 radical (unpaired) electrons. The first-order valence-corrected chi connectivity index (χ1v) is 11.5. The maximum Gasteiger partial charge on any atom is 0.228 e. The summed E-state index contributed by atoms with van der Waals surface area (Å²) in [6, 6.07) is 28.7. The molecule has 6 heteroatoms. The van der Waals surface area contributed by atoms with Gasteiger partial charge in [0.15, 0.2) is 17.2 Å². The highest BCUT2D eigenvalue weighted by atomic mass is 35.5. The first-order chi connectivity index (χ1) is 16.5. The highest BCUT2D eigenvalue weighted by Gasteiger charge is 2.59. The molecule has 4 aromatic rings. The predicted molar refractivity (Wildman–Crippen MR) is 135 cm³/mol. The van der Waals surface area contributed by atoms with Gasteiger partial charge in [-0.25, -0.2) is 4.99 Å². The highest BCUT2D eigenvalue weighted by Crippen LogP contribution is 2.54. The zero-order valence-electron chi connectivity index (χ0n) is 17.7. The standard InChI is InChI=1S/C28H16Cl2N2O2/c29-19-12-14-24-21(15-19)26(34)28(18-9-5-2-6-10-18)22-16-20(30)11-13-23(22)31-27(32(24)28)25(33)17-7-3-1-4-8-17/h1-16H. The van der Waals surface area contributed by atoms with E-state index < -0.39 is 5.54 Å². The third-order valence-corrected chi connectivity index (χ3v) is 6.80. The van der Waals surface area contributed by atoms with Gasteiger partial charge in [0, 0.05) is 26.7 Å². The summed E-state index contributed by atoms with van der Waals surface area (Å²) >= 11 is 12.7. The van der Waals surface area contributed by atoms with Crippen LogP contribution in [0, 0.1) is 0 Å². The fourth-order valence-electron chi connectivity index (χ4n) is 4.90. The maximum absolute atomic E-state index is 14.4. The number of Topliss-reactive ketones (excluding diaryl/α,β-unsaturated/α-hetero) is 2. The lowest BCUT2D eigenvalue weighted by atomic mass is 9.76. The summed E-state index contributed by atoms with van der Waals surface area (Å²) in [4.78, 5) is 34.8. The van der Waals surface area contributed by atoms with E-state index in [9.17, 15) is 9.59 Å². The van der Waals surface area contributed by atoms with E-state index in [-0.39, 0.29) is 17.4 Å². The van der Waals surface area contributed by atoms with Gasteiger partial charge in [-0.15, -0.1) is 0 Å². The zero-order valence-corrected chi connectivity index (χ0v) is 19.2. The Morgan fingerprint density at radius 1 is 0.794 bits per heavy atom. The molecule has 34 heavy (non-hydrogen) atoms. The van der Waals surface area contributed by atoms with E-state index in [1.54, 1.807) is 65.6 Å². The van der Waals surface area contributed by atoms with E-state index in [4.69, 9.17) is 28.2 Å². The fourth-order valence-corrected chi connectivity index (χ4v) is 5.25. The Kier molecular flexibility index (Phi) is 4.70. The van der Waals surface area contributed by atoms with Crippen molar-refractivity contribution in [2.75, 3.05) is 4.90 Å². The predicted octanol–water partition coefficient (Wildman–Crippen LogP) is 6.87. The second kappa shape index (κ2) is 7.66. The van der Waals surface area contributed by atoms with Crippen molar-refractivity contribution in [2.24, 2.45) is 4.99 Å². The molecule has 4 nitrogen and oxygen atoms in total. The number of rotatable bonds is 3. The van der Waals surface area contributed by atoms with E-state index in [0.29, 0.717) is 43.7 Å². The number of carbonyl (C=O) groups excluding carboxylic acids is 2. The molecule has 0 aromatic heterocycles. The van der Waals surface area contributed by atoms with Crippen molar-refractivity contribution in [1.82, 2.24) is 0 Å². The van der Waals surface area contributed by atoms with Crippen LogP contribution in [0.25, 0.3) is 0 Å². The van der Waals surface area contributed by atoms with Gasteiger partial charge in [-0.2, -0.15) is 0 Å². The van der Waals surface area contributed by atoms with Gasteiger partial charge in [-0.3, -0.25) is 9.59 Å². The summed E-state index contributed by atoms with van der Waals surface area (Å²) in [7, 11) is 0. The number of benzene rings is 4. The average molecular weight is 483 g/mol. The van der Waals surface area contributed by atoms with Crippen LogP contribution in [0.5, 0.6) is 0 Å². The van der Waals surface area contributed by atoms with Crippen molar-refractivity contribution in [1.29, 1.82) is 0 Å². The Hall–Kier alpha value is -3.73. The fraction of sp³-hybridized carbons (Fsp3) is 0.0357. The van der Waals surface area contributed by atoms with Crippen molar-refractivity contribution in [3.8, 4) is 0 Å². The number of hydrogen-bond acceptors (Lipinski definition) is 4. The van der Waals surface area contributed by atoms with Crippen LogP contribution in [-0.2, 0) is 5.54 Å². The molecule has 0 saturated carbocycles. The van der Waals surface area contributed by atoms with Crippen molar-refractivity contribution < 1.29 is 9.59 Å². The summed E-state index contributed by atoms with van der Waals surface area (Å²) in [5.74, 6) is -0.301. The van der Waals surface area contributed by atoms with Crippen LogP contribution in [0.1, 0.15) is 31.8 Å². The van der Waals surface area contributed by atoms with E-state index in [1.807, 2.05) is 36.4 Å². The van der Waals surface area contributed by atoms with Gasteiger partial charge in [0.25, 0.3) is 0 Å². The lowest BCUT2D eigenvalue weighted by Crippen LogP contribution is -2.55. The molecule has 6 rings (SSSR count). The molecule has 0 spiro atoms. The molecule has 1 atom stereocenters. The summed E-state index contributed by atoms with van der Waals surface area (Å²) < 4.78 is 0. The third kappa shape index (κ3) is 2.82. The largest absolute Gasteiger partial charge is 0.300 e. The van der Waals surface area contributed by atoms with Gasteiger partial charge >= 0.3 is 0 Å². The SMILES string of the molecule is O=C(C1=Nc2ccc(Cl)cc2C2(c3ccccc3)C(=O)c3cc(Cl)ccc3N12)c1ccccc1. The molecule has 164 valence electrons. The smallest absolute Gasteiger partial charge is 0.228 e. The van der Waals surface area contributed by atoms with Gasteiger partial charge in [-0.1, -0.05) is 83.9 Å². The van der Waals surface area contributed by atoms with Crippen molar-refractivity contribution in [3.05, 3.63) is 129 Å². The minimum Gasteiger partial charge on any atom is -0.300 e. The van der Waals surface area contributed by atoms with Crippen molar-refractivity contribution >= 4 is 52.0 Å². The average Bonchev–Trinajstić information content (AvgIpc) is 3.13. The molecule has 4 aromatic carbocycles. The van der Waals surface area contributed by atoms with Crippen molar-refractivity contribution in [2.45, 2.75) is 5.54 Å². The summed E-state index contributed by atoms with van der Waals surface area (Å²) in [6.45, 7) is 0. The molecule has 0 saturated heterocycles. The van der Waals surface area contributed by atoms with Gasteiger partial charge in [0.2, 0.25) is 5.78 Å². The number of aliphatic imine (C=N–C) groups is 1. The Labute approximate surface area is 206 Å². The molecule has 0 fully saturated rings. The van der Waals surface area contributed by atoms with Crippen LogP contribution in [0.2, 0.25) is 10.0 Å². The zero-order chi connectivity index (χ0) is 23.4. The molecule has 1 unspecified atom stereocenters. The van der Waals surface area contributed by atoms with Gasteiger partial charge < -0.3 is 4.90 Å². The molecule has 0 amide bonds. The molecule has 0 aliphatic carbocycles. The van der Waals surface area contributed by atoms with E-state index in [0.717, 1.165) is 0 Å². The van der Waals surface area contributed by atoms with Crippen LogP contribution in [0.15, 0.2) is 102 Å². The summed E-state index contributed by atoms with van der Waals surface area (Å²) in [6.07, 6.45) is 0. The number of anilines is 1. The highest BCUT2D eigenvalue weighted by molar-refractivity contribution is 6.52. The molecule has 0 bridgehead atoms. The number of nitrogens with zero attached hydrogens (tertiary/aromatic N) is 2. The second-order valence-corrected chi connectivity index (χ2v) is 9.07. The molecular formula is C28H16Cl2N2O2.